The Kier molecular flexibility index (Phi) is 7.60. The first kappa shape index (κ1) is 24.0. The molecule has 1 aromatic carbocycles. The van der Waals surface area contributed by atoms with E-state index in [4.69, 9.17) is 4.74 Å². The summed E-state index contributed by atoms with van der Waals surface area (Å²) < 4.78 is 41.9. The molecule has 2 unspecified atom stereocenters. The van der Waals surface area contributed by atoms with Gasteiger partial charge in [0.2, 0.25) is 10.0 Å². The Labute approximate surface area is 198 Å². The molecule has 2 atom stereocenters. The number of esters is 1. The first-order chi connectivity index (χ1) is 15.9. The second kappa shape index (κ2) is 10.4. The fourth-order valence-electron chi connectivity index (χ4n) is 4.63. The van der Waals surface area contributed by atoms with Gasteiger partial charge in [-0.1, -0.05) is 25.3 Å². The summed E-state index contributed by atoms with van der Waals surface area (Å²) in [5.74, 6) is -0.577. The molecule has 0 radical (unpaired) electrons. The lowest BCUT2D eigenvalue weighted by Crippen LogP contribution is -2.50. The fraction of sp³-hybridized carbons (Fsp3) is 0.636. The lowest BCUT2D eigenvalue weighted by Gasteiger charge is -2.33. The minimum Gasteiger partial charge on any atom is -0.451 e. The lowest BCUT2D eigenvalue weighted by molar-refractivity contribution is -0.159. The van der Waals surface area contributed by atoms with Gasteiger partial charge >= 0.3 is 5.97 Å². The summed E-state index contributed by atoms with van der Waals surface area (Å²) in [7, 11) is -4.00. The highest BCUT2D eigenvalue weighted by molar-refractivity contribution is 7.89. The Morgan fingerprint density at radius 3 is 2.70 bits per heavy atom. The maximum atomic E-state index is 13.5. The van der Waals surface area contributed by atoms with Gasteiger partial charge < -0.3 is 10.1 Å². The maximum Gasteiger partial charge on any atom is 0.325 e. The van der Waals surface area contributed by atoms with Gasteiger partial charge in [-0.2, -0.15) is 13.1 Å². The monoisotopic (exact) mass is 494 g/mol. The van der Waals surface area contributed by atoms with Crippen molar-refractivity contribution in [2.75, 3.05) is 13.1 Å². The Hall–Kier alpha value is -2.11. The molecule has 1 N–H and O–H groups in total. The van der Waals surface area contributed by atoms with Crippen molar-refractivity contribution >= 4 is 44.7 Å². The van der Waals surface area contributed by atoms with Gasteiger partial charge in [0.15, 0.2) is 6.10 Å². The van der Waals surface area contributed by atoms with Gasteiger partial charge in [0, 0.05) is 13.1 Å². The van der Waals surface area contributed by atoms with Gasteiger partial charge in [0.25, 0.3) is 5.91 Å². The molecule has 2 aliphatic rings. The number of hydrogen-bond acceptors (Lipinski definition) is 8. The van der Waals surface area contributed by atoms with Crippen LogP contribution in [0.25, 0.3) is 11.0 Å². The van der Waals surface area contributed by atoms with Gasteiger partial charge in [-0.3, -0.25) is 9.59 Å². The van der Waals surface area contributed by atoms with Crippen LogP contribution in [-0.2, 0) is 24.3 Å². The molecule has 1 saturated carbocycles. The van der Waals surface area contributed by atoms with Gasteiger partial charge in [0.05, 0.1) is 11.7 Å². The molecule has 1 saturated heterocycles. The molecule has 2 heterocycles. The molecule has 33 heavy (non-hydrogen) atoms. The van der Waals surface area contributed by atoms with E-state index in [-0.39, 0.29) is 17.3 Å². The second-order valence-electron chi connectivity index (χ2n) is 8.84. The van der Waals surface area contributed by atoms with Crippen molar-refractivity contribution in [3.05, 3.63) is 18.2 Å². The first-order valence-electron chi connectivity index (χ1n) is 11.6. The topological polar surface area (TPSA) is 119 Å². The first-order valence-corrected chi connectivity index (χ1v) is 13.8. The summed E-state index contributed by atoms with van der Waals surface area (Å²) in [6.07, 6.45) is 6.52. The van der Waals surface area contributed by atoms with E-state index >= 15 is 0 Å². The molecule has 0 spiro atoms. The normalized spacial score (nSPS) is 21.5. The van der Waals surface area contributed by atoms with Crippen LogP contribution in [0.5, 0.6) is 0 Å². The SMILES string of the molecule is CC(OC(=O)C1CCCCN1S(=O)(=O)c1cccc2nsnc12)C(=O)NCC1CCCCC1. The third kappa shape index (κ3) is 5.36. The number of benzene rings is 1. The quantitative estimate of drug-likeness (QED) is 0.588. The van der Waals surface area contributed by atoms with E-state index in [2.05, 4.69) is 14.1 Å². The third-order valence-electron chi connectivity index (χ3n) is 6.51. The fourth-order valence-corrected chi connectivity index (χ4v) is 7.03. The standard InChI is InChI=1S/C22H30N4O5S2/c1-15(21(27)23-14-16-8-3-2-4-9-16)31-22(28)18-11-5-6-13-26(18)33(29,30)19-12-7-10-17-20(19)25-32-24-17/h7,10,12,15-16,18H,2-6,8-9,11,13-14H2,1H3,(H,23,27). The summed E-state index contributed by atoms with van der Waals surface area (Å²) in [4.78, 5) is 25.5. The number of hydrogen-bond donors (Lipinski definition) is 1. The van der Waals surface area contributed by atoms with Crippen molar-refractivity contribution in [1.82, 2.24) is 18.4 Å². The number of nitrogens with zero attached hydrogens (tertiary/aromatic N) is 3. The summed E-state index contributed by atoms with van der Waals surface area (Å²) >= 11 is 0.944. The highest BCUT2D eigenvalue weighted by Gasteiger charge is 2.40. The van der Waals surface area contributed by atoms with Crippen molar-refractivity contribution < 1.29 is 22.7 Å². The number of rotatable bonds is 7. The van der Waals surface area contributed by atoms with Crippen molar-refractivity contribution in [2.45, 2.75) is 75.3 Å². The molecular formula is C22H30N4O5S2. The van der Waals surface area contributed by atoms with E-state index in [1.165, 1.54) is 36.6 Å². The lowest BCUT2D eigenvalue weighted by atomic mass is 9.89. The number of ether oxygens (including phenoxy) is 1. The van der Waals surface area contributed by atoms with Crippen LogP contribution in [0.15, 0.2) is 23.1 Å². The minimum absolute atomic E-state index is 0.0340. The molecular weight excluding hydrogens is 464 g/mol. The largest absolute Gasteiger partial charge is 0.451 e. The van der Waals surface area contributed by atoms with Crippen molar-refractivity contribution in [1.29, 1.82) is 0 Å². The second-order valence-corrected chi connectivity index (χ2v) is 11.2. The van der Waals surface area contributed by atoms with Crippen LogP contribution in [0, 0.1) is 5.92 Å². The Morgan fingerprint density at radius 2 is 1.91 bits per heavy atom. The number of nitrogens with one attached hydrogen (secondary N) is 1. The zero-order valence-electron chi connectivity index (χ0n) is 18.7. The molecule has 1 aliphatic carbocycles. The highest BCUT2D eigenvalue weighted by atomic mass is 32.2. The molecule has 11 heteroatoms. The number of piperidine rings is 1. The van der Waals surface area contributed by atoms with E-state index in [0.717, 1.165) is 24.6 Å². The van der Waals surface area contributed by atoms with Crippen molar-refractivity contribution in [2.24, 2.45) is 5.92 Å². The molecule has 0 bridgehead atoms. The number of fused-ring (bicyclic) bond motifs is 1. The highest BCUT2D eigenvalue weighted by Crippen LogP contribution is 2.30. The van der Waals surface area contributed by atoms with Crippen LogP contribution in [0.1, 0.15) is 58.3 Å². The average molecular weight is 495 g/mol. The summed E-state index contributed by atoms with van der Waals surface area (Å²) in [5, 5.41) is 2.88. The maximum absolute atomic E-state index is 13.5. The Balaban J connectivity index is 1.43. The molecule has 4 rings (SSSR count). The molecule has 1 amide bonds. The van der Waals surface area contributed by atoms with Gasteiger partial charge in [-0.15, -0.1) is 0 Å². The summed E-state index contributed by atoms with van der Waals surface area (Å²) in [6.45, 7) is 2.31. The number of carbonyl (C=O) groups is 2. The number of carbonyl (C=O) groups excluding carboxylic acids is 2. The molecule has 1 aromatic heterocycles. The average Bonchev–Trinajstić information content (AvgIpc) is 3.32. The molecule has 1 aliphatic heterocycles. The van der Waals surface area contributed by atoms with Gasteiger partial charge in [-0.05, 0) is 57.1 Å². The molecule has 180 valence electrons. The van der Waals surface area contributed by atoms with E-state index < -0.39 is 28.1 Å². The summed E-state index contributed by atoms with van der Waals surface area (Å²) in [6, 6.07) is 3.83. The predicted molar refractivity (Wildman–Crippen MR) is 124 cm³/mol. The van der Waals surface area contributed by atoms with Crippen LogP contribution in [0.3, 0.4) is 0 Å². The van der Waals surface area contributed by atoms with E-state index in [1.54, 1.807) is 12.1 Å². The number of aromatic nitrogens is 2. The van der Waals surface area contributed by atoms with Crippen LogP contribution >= 0.6 is 11.7 Å². The van der Waals surface area contributed by atoms with Crippen LogP contribution < -0.4 is 5.32 Å². The van der Waals surface area contributed by atoms with Crippen molar-refractivity contribution in [3.8, 4) is 0 Å². The van der Waals surface area contributed by atoms with E-state index in [1.807, 2.05) is 0 Å². The van der Waals surface area contributed by atoms with Crippen LogP contribution in [0.2, 0.25) is 0 Å². The molecule has 2 fully saturated rings. The minimum atomic E-state index is -4.00. The van der Waals surface area contributed by atoms with Crippen LogP contribution in [0.4, 0.5) is 0 Å². The number of sulfonamides is 1. The Bertz CT molecular complexity index is 1100. The summed E-state index contributed by atoms with van der Waals surface area (Å²) in [5.41, 5.74) is 0.802. The zero-order chi connectivity index (χ0) is 23.4. The van der Waals surface area contributed by atoms with Gasteiger partial charge in [0.1, 0.15) is 22.0 Å². The zero-order valence-corrected chi connectivity index (χ0v) is 20.4. The van der Waals surface area contributed by atoms with Gasteiger partial charge in [-0.25, -0.2) is 8.42 Å². The van der Waals surface area contributed by atoms with E-state index in [0.29, 0.717) is 42.8 Å². The van der Waals surface area contributed by atoms with Crippen molar-refractivity contribution in [3.63, 3.8) is 0 Å². The Morgan fingerprint density at radius 1 is 1.15 bits per heavy atom. The smallest absolute Gasteiger partial charge is 0.325 e. The molecule has 2 aromatic rings. The third-order valence-corrected chi connectivity index (χ3v) is 9.00. The number of amides is 1. The predicted octanol–water partition coefficient (Wildman–Crippen LogP) is 2.86. The molecule has 9 nitrogen and oxygen atoms in total. The van der Waals surface area contributed by atoms with Crippen LogP contribution in [-0.4, -0.2) is 58.6 Å². The van der Waals surface area contributed by atoms with E-state index in [9.17, 15) is 18.0 Å².